The van der Waals surface area contributed by atoms with Gasteiger partial charge in [0.05, 0.1) is 19.4 Å². The summed E-state index contributed by atoms with van der Waals surface area (Å²) in [5.74, 6) is 1.78. The van der Waals surface area contributed by atoms with Gasteiger partial charge in [0.1, 0.15) is 11.5 Å². The van der Waals surface area contributed by atoms with Crippen LogP contribution in [0.25, 0.3) is 11.3 Å². The Balaban J connectivity index is 1.33. The third-order valence-electron chi connectivity index (χ3n) is 5.67. The first-order valence-corrected chi connectivity index (χ1v) is 12.9. The van der Waals surface area contributed by atoms with Crippen LogP contribution in [0.5, 0.6) is 11.5 Å². The fourth-order valence-electron chi connectivity index (χ4n) is 3.93. The lowest BCUT2D eigenvalue weighted by Crippen LogP contribution is -1.97. The van der Waals surface area contributed by atoms with E-state index in [1.165, 1.54) is 42.5 Å². The molecule has 0 saturated carbocycles. The summed E-state index contributed by atoms with van der Waals surface area (Å²) in [6.07, 6.45) is 10.4. The van der Waals surface area contributed by atoms with Crippen LogP contribution in [0.2, 0.25) is 0 Å². The summed E-state index contributed by atoms with van der Waals surface area (Å²) >= 11 is 5.29. The minimum absolute atomic E-state index is 0.770. The van der Waals surface area contributed by atoms with Gasteiger partial charge in [-0.25, -0.2) is 9.98 Å². The van der Waals surface area contributed by atoms with Crippen molar-refractivity contribution in [3.8, 4) is 22.8 Å². The van der Waals surface area contributed by atoms with E-state index in [1.807, 2.05) is 42.6 Å². The molecule has 0 unspecified atom stereocenters. The largest absolute Gasteiger partial charge is 0.496 e. The molecule has 0 radical (unpaired) electrons. The Hall–Kier alpha value is -2.18. The van der Waals surface area contributed by atoms with Gasteiger partial charge in [0.25, 0.3) is 0 Å². The van der Waals surface area contributed by atoms with Crippen molar-refractivity contribution in [2.75, 3.05) is 13.7 Å². The number of aliphatic imine (C=N–C) groups is 1. The molecule has 1 aliphatic carbocycles. The van der Waals surface area contributed by atoms with Crippen LogP contribution in [0.4, 0.5) is 5.13 Å². The van der Waals surface area contributed by atoms with Crippen LogP contribution in [-0.4, -0.2) is 24.9 Å². The molecule has 0 amide bonds. The second kappa shape index (κ2) is 11.1. The maximum atomic E-state index is 5.87. The summed E-state index contributed by atoms with van der Waals surface area (Å²) in [5, 5.41) is 0.770. The number of hydrogen-bond donors (Lipinski definition) is 0. The maximum absolute atomic E-state index is 5.87. The van der Waals surface area contributed by atoms with Crippen LogP contribution in [0, 0.1) is 0 Å². The Morgan fingerprint density at radius 3 is 2.62 bits per heavy atom. The molecule has 1 heterocycles. The van der Waals surface area contributed by atoms with Crippen molar-refractivity contribution in [1.29, 1.82) is 0 Å². The van der Waals surface area contributed by atoms with Crippen molar-refractivity contribution in [3.63, 3.8) is 0 Å². The van der Waals surface area contributed by atoms with Gasteiger partial charge in [0.15, 0.2) is 0 Å². The van der Waals surface area contributed by atoms with E-state index in [0.29, 0.717) is 0 Å². The Kier molecular flexibility index (Phi) is 7.98. The van der Waals surface area contributed by atoms with Crippen molar-refractivity contribution >= 4 is 38.6 Å². The normalized spacial score (nSPS) is 12.2. The van der Waals surface area contributed by atoms with Crippen LogP contribution in [0.3, 0.4) is 0 Å². The molecule has 4 rings (SSSR count). The Bertz CT molecular complexity index is 1080. The van der Waals surface area contributed by atoms with Gasteiger partial charge in [-0.2, -0.15) is 0 Å². The van der Waals surface area contributed by atoms with Gasteiger partial charge in [-0.05, 0) is 53.9 Å². The molecule has 4 nitrogen and oxygen atoms in total. The highest BCUT2D eigenvalue weighted by molar-refractivity contribution is 9.10. The molecule has 2 aromatic carbocycles. The van der Waals surface area contributed by atoms with Gasteiger partial charge in [-0.3, -0.25) is 0 Å². The van der Waals surface area contributed by atoms with E-state index in [0.717, 1.165) is 57.4 Å². The highest BCUT2D eigenvalue weighted by Crippen LogP contribution is 2.48. The van der Waals surface area contributed by atoms with Gasteiger partial charge < -0.3 is 9.47 Å². The van der Waals surface area contributed by atoms with Gasteiger partial charge in [0.2, 0.25) is 5.13 Å². The Labute approximate surface area is 202 Å². The highest BCUT2D eigenvalue weighted by atomic mass is 79.9. The lowest BCUT2D eigenvalue weighted by Gasteiger charge is -2.08. The summed E-state index contributed by atoms with van der Waals surface area (Å²) < 4.78 is 12.5. The second-order valence-corrected chi connectivity index (χ2v) is 9.91. The molecule has 6 heteroatoms. The highest BCUT2D eigenvalue weighted by Gasteiger charge is 2.28. The SMILES string of the molecule is CCCCCCCCOc1ccc(C=Nc2nc3c(s2)Cc2c(Br)ccc(OC)c2-3)cc1. The number of ether oxygens (including phenoxy) is 2. The maximum Gasteiger partial charge on any atom is 0.209 e. The van der Waals surface area contributed by atoms with E-state index in [4.69, 9.17) is 14.5 Å². The number of hydrogen-bond acceptors (Lipinski definition) is 5. The summed E-state index contributed by atoms with van der Waals surface area (Å²) in [6.45, 7) is 3.03. The van der Waals surface area contributed by atoms with E-state index < -0.39 is 0 Å². The first-order valence-electron chi connectivity index (χ1n) is 11.3. The molecular weight excluding hydrogens is 484 g/mol. The Morgan fingerprint density at radius 1 is 1.06 bits per heavy atom. The minimum atomic E-state index is 0.770. The molecule has 168 valence electrons. The van der Waals surface area contributed by atoms with E-state index in [1.54, 1.807) is 18.4 Å². The van der Waals surface area contributed by atoms with Crippen LogP contribution in [-0.2, 0) is 6.42 Å². The minimum Gasteiger partial charge on any atom is -0.496 e. The number of benzene rings is 2. The molecule has 0 atom stereocenters. The van der Waals surface area contributed by atoms with Gasteiger partial charge in [-0.1, -0.05) is 66.3 Å². The monoisotopic (exact) mass is 512 g/mol. The molecule has 0 N–H and O–H groups in total. The van der Waals surface area contributed by atoms with Crippen molar-refractivity contribution in [3.05, 3.63) is 56.9 Å². The zero-order valence-electron chi connectivity index (χ0n) is 18.7. The lowest BCUT2D eigenvalue weighted by molar-refractivity contribution is 0.304. The summed E-state index contributed by atoms with van der Waals surface area (Å²) in [6, 6.07) is 12.1. The average molecular weight is 514 g/mol. The van der Waals surface area contributed by atoms with Gasteiger partial charge >= 0.3 is 0 Å². The van der Waals surface area contributed by atoms with Crippen LogP contribution < -0.4 is 9.47 Å². The fourth-order valence-corrected chi connectivity index (χ4v) is 5.32. The standard InChI is InChI=1S/C26H29BrN2O2S/c1-3-4-5-6-7-8-15-31-19-11-9-18(10-12-19)17-28-26-29-25-23(32-26)16-20-21(27)13-14-22(30-2)24(20)25/h9-14,17H,3-8,15-16H2,1-2H3. The number of thiazole rings is 1. The second-order valence-electron chi connectivity index (χ2n) is 7.99. The quantitative estimate of drug-likeness (QED) is 0.151. The zero-order valence-corrected chi connectivity index (χ0v) is 21.1. The fraction of sp³-hybridized carbons (Fsp3) is 0.385. The topological polar surface area (TPSA) is 43.7 Å². The number of aromatic nitrogens is 1. The lowest BCUT2D eigenvalue weighted by atomic mass is 10.1. The summed E-state index contributed by atoms with van der Waals surface area (Å²) in [7, 11) is 1.70. The number of unbranched alkanes of at least 4 members (excludes halogenated alkanes) is 5. The average Bonchev–Trinajstić information content (AvgIpc) is 3.37. The van der Waals surface area contributed by atoms with E-state index in [-0.39, 0.29) is 0 Å². The number of fused-ring (bicyclic) bond motifs is 3. The smallest absolute Gasteiger partial charge is 0.209 e. The molecule has 32 heavy (non-hydrogen) atoms. The first kappa shape index (κ1) is 23.0. The molecule has 0 fully saturated rings. The predicted octanol–water partition coefficient (Wildman–Crippen LogP) is 7.98. The third-order valence-corrected chi connectivity index (χ3v) is 7.37. The van der Waals surface area contributed by atoms with Crippen molar-refractivity contribution in [1.82, 2.24) is 4.98 Å². The van der Waals surface area contributed by atoms with Crippen molar-refractivity contribution in [2.24, 2.45) is 4.99 Å². The number of rotatable bonds is 11. The predicted molar refractivity (Wildman–Crippen MR) is 137 cm³/mol. The van der Waals surface area contributed by atoms with Crippen LogP contribution in [0.15, 0.2) is 45.9 Å². The first-order chi connectivity index (χ1) is 15.7. The van der Waals surface area contributed by atoms with Crippen molar-refractivity contribution < 1.29 is 9.47 Å². The molecule has 3 aromatic rings. The van der Waals surface area contributed by atoms with E-state index in [9.17, 15) is 0 Å². The third kappa shape index (κ3) is 5.41. The summed E-state index contributed by atoms with van der Waals surface area (Å²) in [5.41, 5.74) is 4.35. The van der Waals surface area contributed by atoms with Gasteiger partial charge in [-0.15, -0.1) is 0 Å². The molecule has 0 aliphatic heterocycles. The molecular formula is C26H29BrN2O2S. The molecule has 0 saturated heterocycles. The number of methoxy groups -OCH3 is 1. The van der Waals surface area contributed by atoms with Crippen LogP contribution in [0.1, 0.15) is 61.5 Å². The van der Waals surface area contributed by atoms with Gasteiger partial charge in [0, 0.05) is 27.5 Å². The summed E-state index contributed by atoms with van der Waals surface area (Å²) in [4.78, 5) is 10.6. The number of halogens is 1. The molecule has 0 spiro atoms. The molecule has 1 aliphatic rings. The Morgan fingerprint density at radius 2 is 1.84 bits per heavy atom. The zero-order chi connectivity index (χ0) is 22.3. The number of nitrogens with zero attached hydrogens (tertiary/aromatic N) is 2. The van der Waals surface area contributed by atoms with Crippen molar-refractivity contribution in [2.45, 2.75) is 51.9 Å². The molecule has 1 aromatic heterocycles. The van der Waals surface area contributed by atoms with Crippen LogP contribution >= 0.6 is 27.3 Å². The van der Waals surface area contributed by atoms with E-state index in [2.05, 4.69) is 27.8 Å². The molecule has 0 bridgehead atoms. The van der Waals surface area contributed by atoms with E-state index >= 15 is 0 Å².